The van der Waals surface area contributed by atoms with Gasteiger partial charge in [-0.05, 0) is 31.2 Å². The maximum Gasteiger partial charge on any atom is 0.341 e. The molecular weight excluding hydrogens is 291 g/mol. The van der Waals surface area contributed by atoms with Crippen molar-refractivity contribution in [3.63, 3.8) is 0 Å². The number of amides is 1. The number of halogens is 1. The summed E-state index contributed by atoms with van der Waals surface area (Å²) in [4.78, 5) is 34.9. The minimum atomic E-state index is -1.37. The van der Waals surface area contributed by atoms with Crippen LogP contribution in [-0.2, 0) is 11.3 Å². The fraction of sp³-hybridized carbons (Fsp3) is 0.133. The van der Waals surface area contributed by atoms with Gasteiger partial charge < -0.3 is 15.0 Å². The first kappa shape index (κ1) is 15.4. The molecule has 0 unspecified atom stereocenters. The highest BCUT2D eigenvalue weighted by Gasteiger charge is 2.15. The molecule has 1 heterocycles. The Morgan fingerprint density at radius 1 is 1.23 bits per heavy atom. The van der Waals surface area contributed by atoms with Crippen molar-refractivity contribution in [2.75, 3.05) is 5.32 Å². The van der Waals surface area contributed by atoms with Crippen LogP contribution in [0.5, 0.6) is 0 Å². The number of rotatable bonds is 4. The molecule has 0 bridgehead atoms. The van der Waals surface area contributed by atoms with E-state index in [1.54, 1.807) is 13.0 Å². The molecule has 0 aliphatic carbocycles. The Morgan fingerprint density at radius 3 is 2.55 bits per heavy atom. The van der Waals surface area contributed by atoms with E-state index in [9.17, 15) is 18.8 Å². The van der Waals surface area contributed by atoms with Crippen molar-refractivity contribution in [3.05, 3.63) is 63.8 Å². The fourth-order valence-corrected chi connectivity index (χ4v) is 1.93. The lowest BCUT2D eigenvalue weighted by atomic mass is 10.2. The predicted molar refractivity (Wildman–Crippen MR) is 77.4 cm³/mol. The second-order valence-electron chi connectivity index (χ2n) is 4.61. The Balaban J connectivity index is 2.26. The molecule has 114 valence electrons. The zero-order valence-electron chi connectivity index (χ0n) is 11.7. The third-order valence-electron chi connectivity index (χ3n) is 3.07. The van der Waals surface area contributed by atoms with Crippen LogP contribution in [0, 0.1) is 12.7 Å². The summed E-state index contributed by atoms with van der Waals surface area (Å²) in [6.07, 6.45) is 0. The average Bonchev–Trinajstić information content (AvgIpc) is 2.45. The molecule has 1 aromatic carbocycles. The molecule has 0 spiro atoms. The highest BCUT2D eigenvalue weighted by atomic mass is 19.1. The predicted octanol–water partition coefficient (Wildman–Crippen LogP) is 1.63. The van der Waals surface area contributed by atoms with Crippen LogP contribution in [0.3, 0.4) is 0 Å². The van der Waals surface area contributed by atoms with Crippen molar-refractivity contribution in [1.29, 1.82) is 0 Å². The largest absolute Gasteiger partial charge is 0.477 e. The van der Waals surface area contributed by atoms with E-state index < -0.39 is 35.4 Å². The van der Waals surface area contributed by atoms with E-state index in [1.165, 1.54) is 30.3 Å². The number of pyridine rings is 1. The van der Waals surface area contributed by atoms with Gasteiger partial charge in [0.05, 0.1) is 5.69 Å². The van der Waals surface area contributed by atoms with E-state index in [0.29, 0.717) is 5.69 Å². The maximum absolute atomic E-state index is 13.5. The van der Waals surface area contributed by atoms with Crippen molar-refractivity contribution >= 4 is 17.6 Å². The lowest BCUT2D eigenvalue weighted by molar-refractivity contribution is -0.116. The average molecular weight is 304 g/mol. The molecule has 0 saturated heterocycles. The molecule has 0 radical (unpaired) electrons. The van der Waals surface area contributed by atoms with Crippen molar-refractivity contribution in [3.8, 4) is 0 Å². The number of carbonyl (C=O) groups is 2. The monoisotopic (exact) mass is 304 g/mol. The summed E-state index contributed by atoms with van der Waals surface area (Å²) < 4.78 is 14.5. The van der Waals surface area contributed by atoms with E-state index >= 15 is 0 Å². The summed E-state index contributed by atoms with van der Waals surface area (Å²) in [7, 11) is 0. The number of carboxylic acid groups (broad SMARTS) is 1. The highest BCUT2D eigenvalue weighted by molar-refractivity contribution is 5.91. The maximum atomic E-state index is 13.5. The van der Waals surface area contributed by atoms with Gasteiger partial charge in [0.15, 0.2) is 0 Å². The van der Waals surface area contributed by atoms with Crippen LogP contribution in [0.4, 0.5) is 10.1 Å². The van der Waals surface area contributed by atoms with Gasteiger partial charge in [0.25, 0.3) is 5.56 Å². The Hall–Kier alpha value is -2.96. The van der Waals surface area contributed by atoms with Crippen LogP contribution in [-0.4, -0.2) is 21.6 Å². The number of aryl methyl sites for hydroxylation is 1. The van der Waals surface area contributed by atoms with Gasteiger partial charge in [0.1, 0.15) is 17.9 Å². The van der Waals surface area contributed by atoms with E-state index in [1.807, 2.05) is 0 Å². The van der Waals surface area contributed by atoms with Crippen LogP contribution in [0.1, 0.15) is 16.1 Å². The lowest BCUT2D eigenvalue weighted by Gasteiger charge is -2.11. The molecule has 2 aromatic rings. The van der Waals surface area contributed by atoms with Gasteiger partial charge in [-0.2, -0.15) is 0 Å². The number of hydrogen-bond acceptors (Lipinski definition) is 3. The third-order valence-corrected chi connectivity index (χ3v) is 3.07. The Morgan fingerprint density at radius 2 is 1.91 bits per heavy atom. The number of nitrogens with one attached hydrogen (secondary N) is 1. The number of para-hydroxylation sites is 1. The van der Waals surface area contributed by atoms with Crippen LogP contribution in [0.25, 0.3) is 0 Å². The van der Waals surface area contributed by atoms with Crippen molar-refractivity contribution in [2.24, 2.45) is 0 Å². The van der Waals surface area contributed by atoms with Gasteiger partial charge in [-0.1, -0.05) is 12.1 Å². The zero-order chi connectivity index (χ0) is 16.3. The van der Waals surface area contributed by atoms with E-state index in [0.717, 1.165) is 4.57 Å². The first-order chi connectivity index (χ1) is 10.4. The number of anilines is 1. The van der Waals surface area contributed by atoms with Gasteiger partial charge in [-0.25, -0.2) is 9.18 Å². The van der Waals surface area contributed by atoms with Crippen molar-refractivity contribution in [2.45, 2.75) is 13.5 Å². The molecule has 6 nitrogen and oxygen atoms in total. The summed E-state index contributed by atoms with van der Waals surface area (Å²) in [5.74, 6) is -2.59. The summed E-state index contributed by atoms with van der Waals surface area (Å²) in [6.45, 7) is 1.17. The molecule has 22 heavy (non-hydrogen) atoms. The molecule has 0 saturated carbocycles. The zero-order valence-corrected chi connectivity index (χ0v) is 11.7. The Labute approximate surface area is 124 Å². The fourth-order valence-electron chi connectivity index (χ4n) is 1.93. The van der Waals surface area contributed by atoms with Crippen molar-refractivity contribution < 1.29 is 19.1 Å². The summed E-state index contributed by atoms with van der Waals surface area (Å²) in [5.41, 5.74) is -0.785. The van der Waals surface area contributed by atoms with E-state index in [2.05, 4.69) is 5.32 Å². The smallest absolute Gasteiger partial charge is 0.341 e. The lowest BCUT2D eigenvalue weighted by Crippen LogP contribution is -2.32. The number of carboxylic acids is 1. The molecule has 2 N–H and O–H groups in total. The number of aromatic nitrogens is 1. The minimum absolute atomic E-state index is 0.00686. The highest BCUT2D eigenvalue weighted by Crippen LogP contribution is 2.12. The molecule has 0 fully saturated rings. The Bertz CT molecular complexity index is 798. The summed E-state index contributed by atoms with van der Waals surface area (Å²) in [6, 6.07) is 8.23. The molecular formula is C15H13FN2O4. The normalized spacial score (nSPS) is 10.3. The second kappa shape index (κ2) is 6.21. The summed E-state index contributed by atoms with van der Waals surface area (Å²) in [5, 5.41) is 11.3. The number of aromatic carboxylic acids is 1. The Kier molecular flexibility index (Phi) is 4.36. The molecule has 7 heteroatoms. The molecule has 1 aromatic heterocycles. The van der Waals surface area contributed by atoms with E-state index in [-0.39, 0.29) is 5.69 Å². The van der Waals surface area contributed by atoms with Gasteiger partial charge in [0.2, 0.25) is 5.91 Å². The van der Waals surface area contributed by atoms with Crippen molar-refractivity contribution in [1.82, 2.24) is 4.57 Å². The first-order valence-corrected chi connectivity index (χ1v) is 6.38. The number of carbonyl (C=O) groups excluding carboxylic acids is 1. The van der Waals surface area contributed by atoms with Crippen LogP contribution in [0.2, 0.25) is 0 Å². The third kappa shape index (κ3) is 3.20. The molecule has 1 amide bonds. The molecule has 0 aliphatic rings. The van der Waals surface area contributed by atoms with Crippen LogP contribution >= 0.6 is 0 Å². The summed E-state index contributed by atoms with van der Waals surface area (Å²) >= 11 is 0. The molecule has 0 aliphatic heterocycles. The number of hydrogen-bond donors (Lipinski definition) is 2. The SMILES string of the molecule is Cc1ccc(C(=O)O)c(=O)n1CC(=O)Nc1ccccc1F. The molecule has 0 atom stereocenters. The standard InChI is InChI=1S/C15H13FN2O4/c1-9-6-7-10(15(21)22)14(20)18(9)8-13(19)17-12-5-3-2-4-11(12)16/h2-7H,8H2,1H3,(H,17,19)(H,21,22). The van der Waals surface area contributed by atoms with E-state index in [4.69, 9.17) is 5.11 Å². The molecule has 2 rings (SSSR count). The topological polar surface area (TPSA) is 88.4 Å². The first-order valence-electron chi connectivity index (χ1n) is 6.38. The second-order valence-corrected chi connectivity index (χ2v) is 4.61. The van der Waals surface area contributed by atoms with Gasteiger partial charge in [-0.15, -0.1) is 0 Å². The van der Waals surface area contributed by atoms with Gasteiger partial charge in [0, 0.05) is 5.69 Å². The number of benzene rings is 1. The van der Waals surface area contributed by atoms with Gasteiger partial charge >= 0.3 is 5.97 Å². The van der Waals surface area contributed by atoms with Crippen LogP contribution in [0.15, 0.2) is 41.2 Å². The number of nitrogens with zero attached hydrogens (tertiary/aromatic N) is 1. The van der Waals surface area contributed by atoms with Crippen LogP contribution < -0.4 is 10.9 Å². The van der Waals surface area contributed by atoms with Gasteiger partial charge in [-0.3, -0.25) is 9.59 Å². The minimum Gasteiger partial charge on any atom is -0.477 e. The quantitative estimate of drug-likeness (QED) is 0.898.